The van der Waals surface area contributed by atoms with Crippen molar-refractivity contribution in [3.63, 3.8) is 0 Å². The van der Waals surface area contributed by atoms with Gasteiger partial charge in [0.05, 0.1) is 5.01 Å². The quantitative estimate of drug-likeness (QED) is 0.797. The topological polar surface area (TPSA) is 42.0 Å². The summed E-state index contributed by atoms with van der Waals surface area (Å²) in [6.45, 7) is 2.04. The van der Waals surface area contributed by atoms with Gasteiger partial charge in [0.15, 0.2) is 0 Å². The number of nitrogens with zero attached hydrogens (tertiary/aromatic N) is 1. The molecule has 4 heteroatoms. The first-order valence-corrected chi connectivity index (χ1v) is 5.43. The molecule has 1 amide bonds. The minimum atomic E-state index is -0.0153. The van der Waals surface area contributed by atoms with Crippen LogP contribution in [0.15, 0.2) is 5.38 Å². The van der Waals surface area contributed by atoms with E-state index in [1.165, 1.54) is 0 Å². The van der Waals surface area contributed by atoms with Crippen molar-refractivity contribution in [2.45, 2.75) is 32.2 Å². The molecule has 1 saturated carbocycles. The van der Waals surface area contributed by atoms with Gasteiger partial charge in [0.25, 0.3) is 5.91 Å². The highest BCUT2D eigenvalue weighted by atomic mass is 32.1. The van der Waals surface area contributed by atoms with Crippen LogP contribution in [0.5, 0.6) is 0 Å². The average molecular weight is 196 g/mol. The zero-order valence-corrected chi connectivity index (χ0v) is 8.36. The Morgan fingerprint density at radius 1 is 1.77 bits per heavy atom. The van der Waals surface area contributed by atoms with Crippen LogP contribution in [0.25, 0.3) is 0 Å². The van der Waals surface area contributed by atoms with E-state index in [0.29, 0.717) is 11.7 Å². The Labute approximate surface area is 81.2 Å². The van der Waals surface area contributed by atoms with E-state index in [4.69, 9.17) is 0 Å². The third kappa shape index (κ3) is 2.06. The molecule has 1 aliphatic carbocycles. The molecule has 0 saturated heterocycles. The van der Waals surface area contributed by atoms with Crippen LogP contribution in [0.3, 0.4) is 0 Å². The van der Waals surface area contributed by atoms with E-state index in [2.05, 4.69) is 10.3 Å². The highest BCUT2D eigenvalue weighted by Gasteiger charge is 2.24. The zero-order chi connectivity index (χ0) is 9.26. The molecular formula is C9H12N2OS. The van der Waals surface area contributed by atoms with E-state index in [9.17, 15) is 4.79 Å². The highest BCUT2D eigenvalue weighted by molar-refractivity contribution is 7.09. The van der Waals surface area contributed by atoms with Crippen LogP contribution < -0.4 is 5.32 Å². The molecule has 0 bridgehead atoms. The third-order valence-corrected chi connectivity index (χ3v) is 2.99. The van der Waals surface area contributed by atoms with Gasteiger partial charge < -0.3 is 5.32 Å². The number of aryl methyl sites for hydroxylation is 1. The molecule has 0 atom stereocenters. The molecule has 3 nitrogen and oxygen atoms in total. The predicted molar refractivity (Wildman–Crippen MR) is 52.0 cm³/mol. The molecule has 13 heavy (non-hydrogen) atoms. The number of rotatable bonds is 3. The molecule has 2 rings (SSSR count). The lowest BCUT2D eigenvalue weighted by Crippen LogP contribution is -2.25. The maximum absolute atomic E-state index is 11.5. The molecule has 0 aliphatic heterocycles. The minimum absolute atomic E-state index is 0.0153. The zero-order valence-electron chi connectivity index (χ0n) is 7.54. The van der Waals surface area contributed by atoms with E-state index in [1.807, 2.05) is 12.3 Å². The number of carbonyl (C=O) groups excluding carboxylic acids is 1. The summed E-state index contributed by atoms with van der Waals surface area (Å²) in [6.07, 6.45) is 3.15. The third-order valence-electron chi connectivity index (χ3n) is 2.00. The molecule has 0 spiro atoms. The smallest absolute Gasteiger partial charge is 0.270 e. The van der Waals surface area contributed by atoms with E-state index < -0.39 is 0 Å². The SMILES string of the molecule is CCc1nc(C(=O)NC2CC2)cs1. The second-order valence-corrected chi connectivity index (χ2v) is 4.17. The van der Waals surface area contributed by atoms with Crippen molar-refractivity contribution in [2.24, 2.45) is 0 Å². The molecule has 1 N–H and O–H groups in total. The summed E-state index contributed by atoms with van der Waals surface area (Å²) >= 11 is 1.55. The fourth-order valence-electron chi connectivity index (χ4n) is 1.06. The van der Waals surface area contributed by atoms with Gasteiger partial charge in [-0.1, -0.05) is 6.92 Å². The molecule has 0 radical (unpaired) electrons. The Morgan fingerprint density at radius 2 is 2.54 bits per heavy atom. The van der Waals surface area contributed by atoms with Gasteiger partial charge in [-0.3, -0.25) is 4.79 Å². The molecule has 1 aliphatic rings. The Morgan fingerprint density at radius 3 is 3.08 bits per heavy atom. The number of carbonyl (C=O) groups is 1. The maximum atomic E-state index is 11.5. The largest absolute Gasteiger partial charge is 0.348 e. The Hall–Kier alpha value is -0.900. The lowest BCUT2D eigenvalue weighted by atomic mass is 10.4. The second-order valence-electron chi connectivity index (χ2n) is 3.23. The normalized spacial score (nSPS) is 15.8. The second kappa shape index (κ2) is 3.46. The van der Waals surface area contributed by atoms with Crippen molar-refractivity contribution in [1.82, 2.24) is 10.3 Å². The highest BCUT2D eigenvalue weighted by Crippen LogP contribution is 2.19. The van der Waals surface area contributed by atoms with Crippen LogP contribution >= 0.6 is 11.3 Å². The standard InChI is InChI=1S/C9H12N2OS/c1-2-8-11-7(5-13-8)9(12)10-6-3-4-6/h5-6H,2-4H2,1H3,(H,10,12). The first-order chi connectivity index (χ1) is 6.29. The van der Waals surface area contributed by atoms with E-state index in [-0.39, 0.29) is 5.91 Å². The number of amides is 1. The van der Waals surface area contributed by atoms with Gasteiger partial charge in [-0.2, -0.15) is 0 Å². The van der Waals surface area contributed by atoms with Gasteiger partial charge in [-0.25, -0.2) is 4.98 Å². The summed E-state index contributed by atoms with van der Waals surface area (Å²) in [4.78, 5) is 15.7. The summed E-state index contributed by atoms with van der Waals surface area (Å²) in [5, 5.41) is 5.77. The molecule has 1 aromatic heterocycles. The van der Waals surface area contributed by atoms with Crippen LogP contribution in [0.4, 0.5) is 0 Å². The Kier molecular flexibility index (Phi) is 2.31. The number of hydrogen-bond acceptors (Lipinski definition) is 3. The van der Waals surface area contributed by atoms with Crippen LogP contribution in [0.2, 0.25) is 0 Å². The van der Waals surface area contributed by atoms with Gasteiger partial charge in [0.1, 0.15) is 5.69 Å². The fraction of sp³-hybridized carbons (Fsp3) is 0.556. The predicted octanol–water partition coefficient (Wildman–Crippen LogP) is 1.60. The molecule has 1 heterocycles. The lowest BCUT2D eigenvalue weighted by Gasteiger charge is -1.97. The lowest BCUT2D eigenvalue weighted by molar-refractivity contribution is 0.0946. The van der Waals surface area contributed by atoms with E-state index >= 15 is 0 Å². The first-order valence-electron chi connectivity index (χ1n) is 4.55. The van der Waals surface area contributed by atoms with Crippen molar-refractivity contribution in [3.8, 4) is 0 Å². The summed E-state index contributed by atoms with van der Waals surface area (Å²) in [5.41, 5.74) is 0.578. The van der Waals surface area contributed by atoms with Crippen molar-refractivity contribution >= 4 is 17.2 Å². The molecule has 70 valence electrons. The number of aromatic nitrogens is 1. The molecular weight excluding hydrogens is 184 g/mol. The van der Waals surface area contributed by atoms with Crippen molar-refractivity contribution in [1.29, 1.82) is 0 Å². The molecule has 0 unspecified atom stereocenters. The number of nitrogens with one attached hydrogen (secondary N) is 1. The maximum Gasteiger partial charge on any atom is 0.270 e. The number of thiazole rings is 1. The fourth-order valence-corrected chi connectivity index (χ4v) is 1.79. The van der Waals surface area contributed by atoms with Gasteiger partial charge in [-0.15, -0.1) is 11.3 Å². The minimum Gasteiger partial charge on any atom is -0.348 e. The van der Waals surface area contributed by atoms with Gasteiger partial charge in [-0.05, 0) is 19.3 Å². The summed E-state index contributed by atoms with van der Waals surface area (Å²) < 4.78 is 0. The van der Waals surface area contributed by atoms with Crippen LogP contribution in [0, 0.1) is 0 Å². The van der Waals surface area contributed by atoms with Crippen LogP contribution in [-0.2, 0) is 6.42 Å². The van der Waals surface area contributed by atoms with E-state index in [1.54, 1.807) is 11.3 Å². The molecule has 1 fully saturated rings. The van der Waals surface area contributed by atoms with Crippen molar-refractivity contribution < 1.29 is 4.79 Å². The van der Waals surface area contributed by atoms with Gasteiger partial charge >= 0.3 is 0 Å². The summed E-state index contributed by atoms with van der Waals surface area (Å²) in [5.74, 6) is -0.0153. The van der Waals surface area contributed by atoms with Crippen LogP contribution in [-0.4, -0.2) is 16.9 Å². The van der Waals surface area contributed by atoms with E-state index in [0.717, 1.165) is 24.3 Å². The Bertz CT molecular complexity index is 317. The molecule has 1 aromatic rings. The monoisotopic (exact) mass is 196 g/mol. The van der Waals surface area contributed by atoms with Crippen molar-refractivity contribution in [2.75, 3.05) is 0 Å². The summed E-state index contributed by atoms with van der Waals surface area (Å²) in [7, 11) is 0. The van der Waals surface area contributed by atoms with Crippen LogP contribution in [0.1, 0.15) is 35.3 Å². The van der Waals surface area contributed by atoms with Crippen molar-refractivity contribution in [3.05, 3.63) is 16.1 Å². The molecule has 0 aromatic carbocycles. The van der Waals surface area contributed by atoms with Gasteiger partial charge in [0.2, 0.25) is 0 Å². The summed E-state index contributed by atoms with van der Waals surface area (Å²) in [6, 6.07) is 0.416. The Balaban J connectivity index is 2.01. The average Bonchev–Trinajstić information content (AvgIpc) is 2.82. The van der Waals surface area contributed by atoms with Gasteiger partial charge in [0, 0.05) is 11.4 Å². The first kappa shape index (κ1) is 8.69. The number of hydrogen-bond donors (Lipinski definition) is 1.